The van der Waals surface area contributed by atoms with Crippen LogP contribution in [0.1, 0.15) is 5.69 Å². The number of carbonyl (C=O) groups excluding carboxylic acids is 1. The number of thioether (sulfide) groups is 1. The van der Waals surface area contributed by atoms with Gasteiger partial charge in [-0.05, 0) is 43.3 Å². The number of amides is 1. The van der Waals surface area contributed by atoms with Gasteiger partial charge in [0.25, 0.3) is 0 Å². The third-order valence-corrected chi connectivity index (χ3v) is 5.43. The molecule has 6 heteroatoms. The molecule has 2 aromatic carbocycles. The first-order chi connectivity index (χ1) is 11.6. The van der Waals surface area contributed by atoms with E-state index in [1.54, 1.807) is 4.90 Å². The summed E-state index contributed by atoms with van der Waals surface area (Å²) in [6, 6.07) is 17.1. The summed E-state index contributed by atoms with van der Waals surface area (Å²) >= 11 is 8.86. The fraction of sp³-hybridized carbons (Fsp3) is 0.111. The van der Waals surface area contributed by atoms with Gasteiger partial charge in [-0.3, -0.25) is 9.69 Å². The molecule has 24 heavy (non-hydrogen) atoms. The summed E-state index contributed by atoms with van der Waals surface area (Å²) in [5, 5.41) is 3.33. The Bertz CT molecular complexity index is 819. The van der Waals surface area contributed by atoms with Gasteiger partial charge in [-0.2, -0.15) is 0 Å². The highest BCUT2D eigenvalue weighted by Crippen LogP contribution is 2.30. The summed E-state index contributed by atoms with van der Waals surface area (Å²) in [4.78, 5) is 20.0. The summed E-state index contributed by atoms with van der Waals surface area (Å²) in [7, 11) is 0. The van der Waals surface area contributed by atoms with Crippen LogP contribution in [0.25, 0.3) is 0 Å². The van der Waals surface area contributed by atoms with Crippen LogP contribution in [0.15, 0.2) is 64.9 Å². The second-order valence-corrected chi connectivity index (χ2v) is 7.40. The number of halogens is 1. The van der Waals surface area contributed by atoms with Crippen LogP contribution in [0, 0.1) is 6.92 Å². The molecular weight excluding hydrogens is 360 g/mol. The number of nitrogens with zero attached hydrogens (tertiary/aromatic N) is 2. The van der Waals surface area contributed by atoms with Crippen molar-refractivity contribution in [3.05, 3.63) is 70.7 Å². The standard InChI is InChI=1S/C18H15ClN2OS2/c1-13-11-24-18(20-13)21(15-5-3-2-4-6-15)17(22)12-23-16-9-7-14(19)8-10-16/h2-11H,12H2,1H3. The first-order valence-electron chi connectivity index (χ1n) is 7.32. The molecule has 0 spiro atoms. The van der Waals surface area contributed by atoms with E-state index in [1.165, 1.54) is 23.1 Å². The minimum Gasteiger partial charge on any atom is -0.273 e. The second kappa shape index (κ2) is 7.83. The Kier molecular flexibility index (Phi) is 5.56. The van der Waals surface area contributed by atoms with Gasteiger partial charge in [0.15, 0.2) is 5.13 Å². The lowest BCUT2D eigenvalue weighted by Crippen LogP contribution is -2.27. The first-order valence-corrected chi connectivity index (χ1v) is 9.56. The quantitative estimate of drug-likeness (QED) is 0.548. The zero-order valence-corrected chi connectivity index (χ0v) is 15.4. The highest BCUT2D eigenvalue weighted by molar-refractivity contribution is 8.00. The summed E-state index contributed by atoms with van der Waals surface area (Å²) < 4.78 is 0. The van der Waals surface area contributed by atoms with Crippen LogP contribution < -0.4 is 4.90 Å². The Morgan fingerprint density at radius 2 is 1.88 bits per heavy atom. The van der Waals surface area contributed by atoms with Crippen LogP contribution in [-0.2, 0) is 4.79 Å². The van der Waals surface area contributed by atoms with Crippen LogP contribution in [0.4, 0.5) is 10.8 Å². The molecule has 3 rings (SSSR count). The third-order valence-electron chi connectivity index (χ3n) is 3.24. The predicted molar refractivity (Wildman–Crippen MR) is 103 cm³/mol. The number of anilines is 2. The molecular formula is C18H15ClN2OS2. The molecule has 1 heterocycles. The van der Waals surface area contributed by atoms with E-state index in [0.717, 1.165) is 16.3 Å². The van der Waals surface area contributed by atoms with Crippen molar-refractivity contribution in [1.29, 1.82) is 0 Å². The SMILES string of the molecule is Cc1csc(N(C(=O)CSc2ccc(Cl)cc2)c2ccccc2)n1. The van der Waals surface area contributed by atoms with Gasteiger partial charge in [-0.15, -0.1) is 23.1 Å². The van der Waals surface area contributed by atoms with Crippen LogP contribution in [-0.4, -0.2) is 16.6 Å². The number of aromatic nitrogens is 1. The zero-order chi connectivity index (χ0) is 16.9. The molecule has 0 unspecified atom stereocenters. The number of para-hydroxylation sites is 1. The van der Waals surface area contributed by atoms with Gasteiger partial charge in [0, 0.05) is 15.3 Å². The molecule has 0 saturated heterocycles. The van der Waals surface area contributed by atoms with Crippen molar-refractivity contribution >= 4 is 51.4 Å². The smallest absolute Gasteiger partial charge is 0.243 e. The molecule has 122 valence electrons. The van der Waals surface area contributed by atoms with E-state index >= 15 is 0 Å². The molecule has 0 aliphatic carbocycles. The van der Waals surface area contributed by atoms with Crippen molar-refractivity contribution < 1.29 is 4.79 Å². The van der Waals surface area contributed by atoms with Gasteiger partial charge in [0.1, 0.15) is 0 Å². The lowest BCUT2D eigenvalue weighted by molar-refractivity contribution is -0.115. The van der Waals surface area contributed by atoms with Crippen molar-refractivity contribution in [3.8, 4) is 0 Å². The predicted octanol–water partition coefficient (Wildman–Crippen LogP) is 5.56. The van der Waals surface area contributed by atoms with E-state index < -0.39 is 0 Å². The Morgan fingerprint density at radius 1 is 1.17 bits per heavy atom. The van der Waals surface area contributed by atoms with Gasteiger partial charge >= 0.3 is 0 Å². The Morgan fingerprint density at radius 3 is 2.50 bits per heavy atom. The topological polar surface area (TPSA) is 33.2 Å². The highest BCUT2D eigenvalue weighted by Gasteiger charge is 2.20. The van der Waals surface area contributed by atoms with E-state index in [2.05, 4.69) is 4.98 Å². The zero-order valence-electron chi connectivity index (χ0n) is 13.0. The lowest BCUT2D eigenvalue weighted by Gasteiger charge is -2.19. The monoisotopic (exact) mass is 374 g/mol. The van der Waals surface area contributed by atoms with Gasteiger partial charge in [0.05, 0.1) is 17.1 Å². The van der Waals surface area contributed by atoms with Crippen molar-refractivity contribution in [2.24, 2.45) is 0 Å². The molecule has 1 aromatic heterocycles. The summed E-state index contributed by atoms with van der Waals surface area (Å²) in [6.07, 6.45) is 0. The number of hydrogen-bond donors (Lipinski definition) is 0. The molecule has 0 aliphatic rings. The molecule has 0 N–H and O–H groups in total. The summed E-state index contributed by atoms with van der Waals surface area (Å²) in [5.41, 5.74) is 1.74. The molecule has 3 aromatic rings. The van der Waals surface area contributed by atoms with Crippen molar-refractivity contribution in [2.45, 2.75) is 11.8 Å². The largest absolute Gasteiger partial charge is 0.273 e. The van der Waals surface area contributed by atoms with Crippen LogP contribution in [0.2, 0.25) is 5.02 Å². The van der Waals surface area contributed by atoms with Gasteiger partial charge in [-0.25, -0.2) is 4.98 Å². The molecule has 0 aliphatic heterocycles. The van der Waals surface area contributed by atoms with E-state index in [-0.39, 0.29) is 5.91 Å². The molecule has 0 saturated carbocycles. The van der Waals surface area contributed by atoms with Crippen molar-refractivity contribution in [3.63, 3.8) is 0 Å². The molecule has 3 nitrogen and oxygen atoms in total. The van der Waals surface area contributed by atoms with Gasteiger partial charge < -0.3 is 0 Å². The van der Waals surface area contributed by atoms with E-state index in [4.69, 9.17) is 11.6 Å². The number of thiazole rings is 1. The number of hydrogen-bond acceptors (Lipinski definition) is 4. The molecule has 0 bridgehead atoms. The summed E-state index contributed by atoms with van der Waals surface area (Å²) in [5.74, 6) is 0.324. The third kappa shape index (κ3) is 4.17. The number of carbonyl (C=O) groups is 1. The van der Waals surface area contributed by atoms with E-state index in [9.17, 15) is 4.79 Å². The maximum Gasteiger partial charge on any atom is 0.243 e. The van der Waals surface area contributed by atoms with Crippen LogP contribution in [0.3, 0.4) is 0 Å². The fourth-order valence-electron chi connectivity index (χ4n) is 2.12. The Hall–Kier alpha value is -1.82. The summed E-state index contributed by atoms with van der Waals surface area (Å²) in [6.45, 7) is 1.93. The first kappa shape index (κ1) is 17.0. The molecule has 1 amide bonds. The number of aryl methyl sites for hydroxylation is 1. The maximum atomic E-state index is 12.8. The van der Waals surface area contributed by atoms with Crippen LogP contribution in [0.5, 0.6) is 0 Å². The van der Waals surface area contributed by atoms with E-state index in [0.29, 0.717) is 15.9 Å². The molecule has 0 fully saturated rings. The van der Waals surface area contributed by atoms with Crippen molar-refractivity contribution in [1.82, 2.24) is 4.98 Å². The fourth-order valence-corrected chi connectivity index (χ4v) is 3.83. The molecule has 0 radical (unpaired) electrons. The Balaban J connectivity index is 1.80. The minimum atomic E-state index is -0.00417. The normalized spacial score (nSPS) is 10.6. The highest BCUT2D eigenvalue weighted by atomic mass is 35.5. The molecule has 0 atom stereocenters. The minimum absolute atomic E-state index is 0.00417. The Labute approximate surface area is 154 Å². The van der Waals surface area contributed by atoms with Gasteiger partial charge in [-0.1, -0.05) is 29.8 Å². The maximum absolute atomic E-state index is 12.8. The van der Waals surface area contributed by atoms with E-state index in [1.807, 2.05) is 66.9 Å². The lowest BCUT2D eigenvalue weighted by atomic mass is 10.3. The average molecular weight is 375 g/mol. The average Bonchev–Trinajstić information content (AvgIpc) is 3.01. The number of benzene rings is 2. The van der Waals surface area contributed by atoms with Crippen LogP contribution >= 0.6 is 34.7 Å². The van der Waals surface area contributed by atoms with Crippen molar-refractivity contribution in [2.75, 3.05) is 10.7 Å². The second-order valence-electron chi connectivity index (χ2n) is 5.08. The number of rotatable bonds is 5. The van der Waals surface area contributed by atoms with Gasteiger partial charge in [0.2, 0.25) is 5.91 Å².